The molecule has 5 rings (SSSR count). The zero-order valence-electron chi connectivity index (χ0n) is 24.1. The summed E-state index contributed by atoms with van der Waals surface area (Å²) < 4.78 is 97.7. The summed E-state index contributed by atoms with van der Waals surface area (Å²) in [6.45, 7) is 0.796. The Morgan fingerprint density at radius 3 is 2.46 bits per heavy atom. The Labute approximate surface area is 261 Å². The average Bonchev–Trinajstić information content (AvgIpc) is 3.35. The summed E-state index contributed by atoms with van der Waals surface area (Å²) in [5.41, 5.74) is -2.84. The lowest BCUT2D eigenvalue weighted by molar-refractivity contribution is -0.265. The van der Waals surface area contributed by atoms with E-state index in [0.29, 0.717) is 34.8 Å². The van der Waals surface area contributed by atoms with Crippen LogP contribution in [0.5, 0.6) is 11.5 Å². The molecule has 242 valence electrons. The van der Waals surface area contributed by atoms with Crippen LogP contribution >= 0.6 is 11.6 Å². The summed E-state index contributed by atoms with van der Waals surface area (Å²) in [7, 11) is 1.29. The van der Waals surface area contributed by atoms with Gasteiger partial charge in [-0.25, -0.2) is 23.1 Å². The molecule has 0 saturated carbocycles. The summed E-state index contributed by atoms with van der Waals surface area (Å²) in [4.78, 5) is 33.6. The molecule has 4 aromatic rings. The van der Waals surface area contributed by atoms with E-state index in [2.05, 4.69) is 9.97 Å². The number of rotatable bonds is 7. The van der Waals surface area contributed by atoms with Gasteiger partial charge in [-0.05, 0) is 50.2 Å². The Kier molecular flexibility index (Phi) is 8.06. The van der Waals surface area contributed by atoms with Crippen molar-refractivity contribution in [2.45, 2.75) is 31.0 Å². The normalized spacial score (nSPS) is 17.3. The highest BCUT2D eigenvalue weighted by atomic mass is 35.5. The van der Waals surface area contributed by atoms with Crippen LogP contribution in [0.25, 0.3) is 22.2 Å². The van der Waals surface area contributed by atoms with E-state index in [0.717, 1.165) is 0 Å². The molecule has 2 aromatic heterocycles. The Balaban J connectivity index is 1.63. The molecule has 3 heterocycles. The Hall–Kier alpha value is -4.63. The number of fused-ring (bicyclic) bond motifs is 2. The van der Waals surface area contributed by atoms with Gasteiger partial charge in [0.1, 0.15) is 34.7 Å². The zero-order chi connectivity index (χ0) is 33.9. The number of ether oxygens (including phenoxy) is 2. The van der Waals surface area contributed by atoms with Crippen molar-refractivity contribution >= 4 is 34.3 Å². The first-order valence-electron chi connectivity index (χ1n) is 13.3. The van der Waals surface area contributed by atoms with Crippen LogP contribution in [0.1, 0.15) is 34.2 Å². The number of hydrogen-bond acceptors (Lipinski definition) is 7. The molecule has 16 heteroatoms. The number of nitrogens with one attached hydrogen (secondary N) is 1. The van der Waals surface area contributed by atoms with E-state index in [-0.39, 0.29) is 21.9 Å². The third-order valence-corrected chi connectivity index (χ3v) is 8.18. The number of aryl methyl sites for hydroxylation is 1. The van der Waals surface area contributed by atoms with Gasteiger partial charge in [0.2, 0.25) is 11.5 Å². The molecule has 2 amide bonds. The monoisotopic (exact) mass is 668 g/mol. The largest absolute Gasteiger partial charge is 0.494 e. The van der Waals surface area contributed by atoms with Gasteiger partial charge in [-0.15, -0.1) is 0 Å². The molecule has 0 radical (unpaired) electrons. The lowest BCUT2D eigenvalue weighted by Crippen LogP contribution is -2.51. The van der Waals surface area contributed by atoms with Crippen LogP contribution < -0.4 is 20.5 Å². The summed E-state index contributed by atoms with van der Waals surface area (Å²) in [5, 5.41) is 13.8. The standard InChI is InChI=1S/C30H23ClF6N4O5/c1-12-17(31)7-13-6-14(8-19(45-3)23(13)40-12)26(42)39-10-29(44,30(35,36)37)20-9-16-25(46-11-28(16,2)27(38)43)24(41-20)15-4-5-18(32)22(34)21(15)33/h4-9,44H,10-11H2,1-3H3,(H2,38,43)(H,39,42)/t28-,29?/m0/s1. The van der Waals surface area contributed by atoms with E-state index in [1.165, 1.54) is 32.2 Å². The number of hydrogen-bond donors (Lipinski definition) is 3. The second-order valence-electron chi connectivity index (χ2n) is 10.8. The maximum Gasteiger partial charge on any atom is 0.424 e. The number of alkyl halides is 3. The fraction of sp³-hybridized carbons (Fsp3) is 0.267. The molecule has 0 bridgehead atoms. The first-order chi connectivity index (χ1) is 21.4. The molecule has 1 aliphatic rings. The van der Waals surface area contributed by atoms with E-state index in [1.54, 1.807) is 6.92 Å². The Morgan fingerprint density at radius 1 is 1.13 bits per heavy atom. The molecular formula is C30H23ClF6N4O5. The molecule has 1 unspecified atom stereocenters. The zero-order valence-corrected chi connectivity index (χ0v) is 24.8. The number of benzene rings is 2. The quantitative estimate of drug-likeness (QED) is 0.186. The van der Waals surface area contributed by atoms with Crippen LogP contribution in [0.2, 0.25) is 5.02 Å². The number of primary amides is 1. The number of pyridine rings is 2. The molecule has 0 saturated heterocycles. The van der Waals surface area contributed by atoms with E-state index >= 15 is 0 Å². The van der Waals surface area contributed by atoms with E-state index < -0.39 is 82.3 Å². The molecule has 4 N–H and O–H groups in total. The molecule has 2 aromatic carbocycles. The summed E-state index contributed by atoms with van der Waals surface area (Å²) >= 11 is 6.15. The molecule has 1 aliphatic heterocycles. The smallest absolute Gasteiger partial charge is 0.424 e. The number of carbonyl (C=O) groups excluding carboxylic acids is 2. The van der Waals surface area contributed by atoms with Gasteiger partial charge >= 0.3 is 6.18 Å². The van der Waals surface area contributed by atoms with Crippen LogP contribution in [0, 0.1) is 24.4 Å². The number of amides is 2. The van der Waals surface area contributed by atoms with Crippen molar-refractivity contribution in [2.24, 2.45) is 5.73 Å². The van der Waals surface area contributed by atoms with Crippen molar-refractivity contribution in [3.8, 4) is 22.8 Å². The van der Waals surface area contributed by atoms with Gasteiger partial charge in [0.05, 0.1) is 30.1 Å². The first-order valence-corrected chi connectivity index (χ1v) is 13.7. The second kappa shape index (κ2) is 11.3. The topological polar surface area (TPSA) is 137 Å². The van der Waals surface area contributed by atoms with Crippen molar-refractivity contribution in [1.82, 2.24) is 15.3 Å². The third-order valence-electron chi connectivity index (χ3n) is 7.80. The van der Waals surface area contributed by atoms with Gasteiger partial charge in [0.15, 0.2) is 17.5 Å². The number of aromatic nitrogens is 2. The highest BCUT2D eigenvalue weighted by Crippen LogP contribution is 2.48. The molecule has 0 fully saturated rings. The highest BCUT2D eigenvalue weighted by molar-refractivity contribution is 6.31. The average molecular weight is 669 g/mol. The molecule has 46 heavy (non-hydrogen) atoms. The van der Waals surface area contributed by atoms with Gasteiger partial charge < -0.3 is 25.6 Å². The maximum atomic E-state index is 14.9. The van der Waals surface area contributed by atoms with Gasteiger partial charge in [-0.2, -0.15) is 13.2 Å². The maximum absolute atomic E-state index is 14.9. The van der Waals surface area contributed by atoms with E-state index in [1.807, 2.05) is 5.32 Å². The van der Waals surface area contributed by atoms with E-state index in [4.69, 9.17) is 26.8 Å². The SMILES string of the molecule is COc1cc(C(=O)NCC(O)(c2cc3c(c(-c4ccc(F)c(F)c4F)n2)OC[C@]3(C)C(N)=O)C(F)(F)F)cc2cc(Cl)c(C)nc12. The lowest BCUT2D eigenvalue weighted by atomic mass is 9.81. The van der Waals surface area contributed by atoms with Gasteiger partial charge in [0, 0.05) is 22.1 Å². The lowest BCUT2D eigenvalue weighted by Gasteiger charge is -2.31. The number of nitrogens with two attached hydrogens (primary N) is 1. The third kappa shape index (κ3) is 5.22. The van der Waals surface area contributed by atoms with Gasteiger partial charge in [-0.3, -0.25) is 9.59 Å². The van der Waals surface area contributed by atoms with E-state index in [9.17, 15) is 41.0 Å². The predicted molar refractivity (Wildman–Crippen MR) is 152 cm³/mol. The Morgan fingerprint density at radius 2 is 1.83 bits per heavy atom. The van der Waals surface area contributed by atoms with Crippen molar-refractivity contribution in [3.05, 3.63) is 81.4 Å². The van der Waals surface area contributed by atoms with Gasteiger partial charge in [0.25, 0.3) is 5.91 Å². The van der Waals surface area contributed by atoms with Crippen LogP contribution in [0.15, 0.2) is 36.4 Å². The number of carbonyl (C=O) groups is 2. The number of methoxy groups -OCH3 is 1. The van der Waals surface area contributed by atoms with Gasteiger partial charge in [-0.1, -0.05) is 11.6 Å². The predicted octanol–water partition coefficient (Wildman–Crippen LogP) is 5.00. The minimum Gasteiger partial charge on any atom is -0.494 e. The van der Waals surface area contributed by atoms with Crippen molar-refractivity contribution < 1.29 is 50.5 Å². The number of halogens is 7. The van der Waals surface area contributed by atoms with Crippen LogP contribution in [-0.4, -0.2) is 53.3 Å². The van der Waals surface area contributed by atoms with Crippen LogP contribution in [0.3, 0.4) is 0 Å². The van der Waals surface area contributed by atoms with Crippen molar-refractivity contribution in [1.29, 1.82) is 0 Å². The van der Waals surface area contributed by atoms with Crippen LogP contribution in [-0.2, 0) is 15.8 Å². The number of nitrogens with zero attached hydrogens (tertiary/aromatic N) is 2. The fourth-order valence-electron chi connectivity index (χ4n) is 4.94. The second-order valence-corrected chi connectivity index (χ2v) is 11.2. The summed E-state index contributed by atoms with van der Waals surface area (Å²) in [5.74, 6) is -7.83. The Bertz CT molecular complexity index is 1940. The molecular weight excluding hydrogens is 646 g/mol. The van der Waals surface area contributed by atoms with Crippen molar-refractivity contribution in [2.75, 3.05) is 20.3 Å². The first kappa shape index (κ1) is 32.8. The number of aliphatic hydroxyl groups is 1. The summed E-state index contributed by atoms with van der Waals surface area (Å²) in [6, 6.07) is 5.89. The minimum atomic E-state index is -5.55. The molecule has 0 spiro atoms. The van der Waals surface area contributed by atoms with Crippen LogP contribution in [0.4, 0.5) is 26.3 Å². The minimum absolute atomic E-state index is 0.109. The molecule has 0 aliphatic carbocycles. The molecule has 2 atom stereocenters. The summed E-state index contributed by atoms with van der Waals surface area (Å²) in [6.07, 6.45) is -5.55. The fourth-order valence-corrected chi connectivity index (χ4v) is 5.10. The highest BCUT2D eigenvalue weighted by Gasteiger charge is 2.58. The van der Waals surface area contributed by atoms with Crippen molar-refractivity contribution in [3.63, 3.8) is 0 Å². The molecule has 9 nitrogen and oxygen atoms in total.